The highest BCUT2D eigenvalue weighted by atomic mass is 35.5. The van der Waals surface area contributed by atoms with E-state index in [1.54, 1.807) is 0 Å². The number of thioether (sulfide) groups is 1. The number of hydrogen-bond acceptors (Lipinski definition) is 2. The van der Waals surface area contributed by atoms with Gasteiger partial charge in [0, 0.05) is 23.8 Å². The second-order valence-electron chi connectivity index (χ2n) is 5.31. The molecule has 0 bridgehead atoms. The van der Waals surface area contributed by atoms with Crippen LogP contribution in [0, 0.1) is 0 Å². The first-order chi connectivity index (χ1) is 9.10. The normalized spacial score (nSPS) is 18.9. The Balaban J connectivity index is 2.14. The summed E-state index contributed by atoms with van der Waals surface area (Å²) in [5.41, 5.74) is 1.57. The van der Waals surface area contributed by atoms with Gasteiger partial charge in [0.25, 0.3) is 0 Å². The molecular formula is C15H21Cl2NS. The summed E-state index contributed by atoms with van der Waals surface area (Å²) in [6.07, 6.45) is 5.91. The van der Waals surface area contributed by atoms with E-state index in [2.05, 4.69) is 30.6 Å². The van der Waals surface area contributed by atoms with Gasteiger partial charge < -0.3 is 5.32 Å². The van der Waals surface area contributed by atoms with Crippen molar-refractivity contribution in [3.05, 3.63) is 33.8 Å². The van der Waals surface area contributed by atoms with E-state index < -0.39 is 0 Å². The third-order valence-corrected chi connectivity index (χ3v) is 5.68. The molecular weight excluding hydrogens is 297 g/mol. The van der Waals surface area contributed by atoms with Gasteiger partial charge in [-0.1, -0.05) is 35.7 Å². The van der Waals surface area contributed by atoms with Crippen molar-refractivity contribution in [1.82, 2.24) is 5.32 Å². The van der Waals surface area contributed by atoms with E-state index in [-0.39, 0.29) is 5.41 Å². The second-order valence-corrected chi connectivity index (χ2v) is 7.11. The molecule has 0 aromatic heterocycles. The maximum Gasteiger partial charge on any atom is 0.0595 e. The molecule has 106 valence electrons. The Labute approximate surface area is 130 Å². The first-order valence-corrected chi connectivity index (χ1v) is 8.93. The topological polar surface area (TPSA) is 12.0 Å². The maximum absolute atomic E-state index is 6.18. The predicted molar refractivity (Wildman–Crippen MR) is 87.8 cm³/mol. The molecule has 0 radical (unpaired) electrons. The van der Waals surface area contributed by atoms with E-state index in [0.29, 0.717) is 16.1 Å². The maximum atomic E-state index is 6.18. The number of benzene rings is 1. The van der Waals surface area contributed by atoms with Gasteiger partial charge in [-0.25, -0.2) is 0 Å². The quantitative estimate of drug-likeness (QED) is 0.759. The Morgan fingerprint density at radius 2 is 2.05 bits per heavy atom. The van der Waals surface area contributed by atoms with Gasteiger partial charge in [-0.15, -0.1) is 0 Å². The molecule has 1 aliphatic rings. The van der Waals surface area contributed by atoms with Crippen LogP contribution in [-0.4, -0.2) is 24.6 Å². The van der Waals surface area contributed by atoms with Gasteiger partial charge in [-0.05, 0) is 43.7 Å². The van der Waals surface area contributed by atoms with E-state index >= 15 is 0 Å². The minimum absolute atomic E-state index is 0.243. The third kappa shape index (κ3) is 3.24. The Morgan fingerprint density at radius 1 is 1.32 bits per heavy atom. The van der Waals surface area contributed by atoms with E-state index in [1.807, 2.05) is 17.8 Å². The van der Waals surface area contributed by atoms with Crippen molar-refractivity contribution in [2.24, 2.45) is 0 Å². The molecule has 1 atom stereocenters. The number of hydrogen-bond donors (Lipinski definition) is 1. The van der Waals surface area contributed by atoms with Crippen molar-refractivity contribution >= 4 is 35.0 Å². The van der Waals surface area contributed by atoms with Crippen LogP contribution < -0.4 is 5.32 Å². The largest absolute Gasteiger partial charge is 0.313 e. The number of rotatable bonds is 6. The summed E-state index contributed by atoms with van der Waals surface area (Å²) < 4.78 is 0. The van der Waals surface area contributed by atoms with Crippen molar-refractivity contribution in [2.75, 3.05) is 18.6 Å². The summed E-state index contributed by atoms with van der Waals surface area (Å²) in [5.74, 6) is 1.15. The molecule has 0 amide bonds. The van der Waals surface area contributed by atoms with Crippen molar-refractivity contribution in [1.29, 1.82) is 0 Å². The van der Waals surface area contributed by atoms with Crippen LogP contribution >= 0.6 is 35.0 Å². The van der Waals surface area contributed by atoms with Gasteiger partial charge in [-0.2, -0.15) is 11.8 Å². The fourth-order valence-corrected chi connectivity index (χ4v) is 3.53. The predicted octanol–water partition coefficient (Wildman–Crippen LogP) is 4.76. The second kappa shape index (κ2) is 6.71. The Bertz CT molecular complexity index is 432. The Kier molecular flexibility index (Phi) is 5.47. The average molecular weight is 318 g/mol. The summed E-state index contributed by atoms with van der Waals surface area (Å²) in [4.78, 5) is 0. The highest BCUT2D eigenvalue weighted by Gasteiger charge is 2.43. The first-order valence-electron chi connectivity index (χ1n) is 6.78. The Hall–Kier alpha value is 0.110. The number of nitrogens with one attached hydrogen (secondary N) is 1. The smallest absolute Gasteiger partial charge is 0.0595 e. The molecule has 1 saturated carbocycles. The zero-order valence-corrected chi connectivity index (χ0v) is 13.8. The van der Waals surface area contributed by atoms with Crippen LogP contribution in [0.3, 0.4) is 0 Å². The van der Waals surface area contributed by atoms with E-state index in [0.717, 1.165) is 12.3 Å². The molecule has 0 aliphatic heterocycles. The molecule has 1 N–H and O–H groups in total. The van der Waals surface area contributed by atoms with Crippen LogP contribution in [0.4, 0.5) is 0 Å². The van der Waals surface area contributed by atoms with E-state index in [4.69, 9.17) is 23.2 Å². The van der Waals surface area contributed by atoms with Crippen molar-refractivity contribution in [2.45, 2.75) is 37.6 Å². The highest BCUT2D eigenvalue weighted by molar-refractivity contribution is 7.98. The van der Waals surface area contributed by atoms with Crippen LogP contribution in [-0.2, 0) is 5.41 Å². The molecule has 2 rings (SSSR count). The summed E-state index contributed by atoms with van der Waals surface area (Å²) in [6, 6.07) is 6.59. The standard InChI is InChI=1S/C15H21Cl2NS/c1-11(18-8-9-19-2)15(6-3-7-15)12-4-5-13(16)14(17)10-12/h4-5,10-11,18H,3,6-9H2,1-2H3. The highest BCUT2D eigenvalue weighted by Crippen LogP contribution is 2.47. The van der Waals surface area contributed by atoms with Crippen molar-refractivity contribution < 1.29 is 0 Å². The van der Waals surface area contributed by atoms with Crippen LogP contribution in [0.25, 0.3) is 0 Å². The molecule has 0 saturated heterocycles. The van der Waals surface area contributed by atoms with Crippen molar-refractivity contribution in [3.63, 3.8) is 0 Å². The minimum Gasteiger partial charge on any atom is -0.313 e. The van der Waals surface area contributed by atoms with Crippen molar-refractivity contribution in [3.8, 4) is 0 Å². The zero-order chi connectivity index (χ0) is 13.9. The lowest BCUT2D eigenvalue weighted by molar-refractivity contribution is 0.181. The molecule has 1 nitrogen and oxygen atoms in total. The zero-order valence-electron chi connectivity index (χ0n) is 11.5. The molecule has 19 heavy (non-hydrogen) atoms. The van der Waals surface area contributed by atoms with Gasteiger partial charge in [0.05, 0.1) is 10.0 Å². The van der Waals surface area contributed by atoms with Crippen LogP contribution in [0.15, 0.2) is 18.2 Å². The molecule has 1 aliphatic carbocycles. The monoisotopic (exact) mass is 317 g/mol. The molecule has 1 aromatic carbocycles. The van der Waals surface area contributed by atoms with Gasteiger partial charge in [0.1, 0.15) is 0 Å². The first kappa shape index (κ1) is 15.5. The SMILES string of the molecule is CSCCNC(C)C1(c2ccc(Cl)c(Cl)c2)CCC1. The summed E-state index contributed by atoms with van der Waals surface area (Å²) in [5, 5.41) is 4.97. The van der Waals surface area contributed by atoms with Gasteiger partial charge in [-0.3, -0.25) is 0 Å². The lowest BCUT2D eigenvalue weighted by atomic mass is 9.60. The third-order valence-electron chi connectivity index (χ3n) is 4.33. The van der Waals surface area contributed by atoms with Gasteiger partial charge in [0.2, 0.25) is 0 Å². The van der Waals surface area contributed by atoms with Crippen LogP contribution in [0.1, 0.15) is 31.7 Å². The average Bonchev–Trinajstić information content (AvgIpc) is 2.32. The molecule has 0 heterocycles. The Morgan fingerprint density at radius 3 is 2.58 bits per heavy atom. The van der Waals surface area contributed by atoms with Crippen LogP contribution in [0.5, 0.6) is 0 Å². The van der Waals surface area contributed by atoms with E-state index in [9.17, 15) is 0 Å². The van der Waals surface area contributed by atoms with Gasteiger partial charge in [0.15, 0.2) is 0 Å². The van der Waals surface area contributed by atoms with Gasteiger partial charge >= 0.3 is 0 Å². The lowest BCUT2D eigenvalue weighted by Crippen LogP contribution is -2.51. The molecule has 0 spiro atoms. The summed E-state index contributed by atoms with van der Waals surface area (Å²) in [7, 11) is 0. The lowest BCUT2D eigenvalue weighted by Gasteiger charge is -2.47. The number of halogens is 2. The minimum atomic E-state index is 0.243. The molecule has 1 unspecified atom stereocenters. The molecule has 1 fully saturated rings. The van der Waals surface area contributed by atoms with Crippen LogP contribution in [0.2, 0.25) is 10.0 Å². The summed E-state index contributed by atoms with van der Waals surface area (Å²) in [6.45, 7) is 3.35. The fraction of sp³-hybridized carbons (Fsp3) is 0.600. The van der Waals surface area contributed by atoms with E-state index in [1.165, 1.54) is 24.8 Å². The molecule has 4 heteroatoms. The fourth-order valence-electron chi connectivity index (χ4n) is 2.91. The summed E-state index contributed by atoms with van der Waals surface area (Å²) >= 11 is 14.1. The molecule has 1 aromatic rings.